The normalized spacial score (nSPS) is 10.2. The summed E-state index contributed by atoms with van der Waals surface area (Å²) in [5.74, 6) is 0.643. The summed E-state index contributed by atoms with van der Waals surface area (Å²) in [6, 6.07) is 3.57. The molecule has 0 aromatic carbocycles. The molecule has 0 saturated heterocycles. The molecule has 0 aliphatic carbocycles. The first-order valence-corrected chi connectivity index (χ1v) is 6.25. The Morgan fingerprint density at radius 2 is 2.26 bits per heavy atom. The van der Waals surface area contributed by atoms with Crippen LogP contribution in [0.15, 0.2) is 30.7 Å². The average molecular weight is 259 g/mol. The molecule has 0 aliphatic heterocycles. The van der Waals surface area contributed by atoms with Crippen LogP contribution in [0.2, 0.25) is 0 Å². The molecule has 0 saturated carbocycles. The second kappa shape index (κ2) is 6.53. The number of carbonyl (C=O) groups excluding carboxylic acids is 1. The van der Waals surface area contributed by atoms with Crippen molar-refractivity contribution in [3.8, 4) is 0 Å². The van der Waals surface area contributed by atoms with E-state index in [1.807, 2.05) is 6.07 Å². The topological polar surface area (TPSA) is 82.7 Å². The predicted molar refractivity (Wildman–Crippen MR) is 72.8 cm³/mol. The third-order valence-electron chi connectivity index (χ3n) is 2.59. The number of nitrogens with one attached hydrogen (secondary N) is 3. The zero-order valence-corrected chi connectivity index (χ0v) is 10.8. The maximum absolute atomic E-state index is 11.9. The van der Waals surface area contributed by atoms with Crippen molar-refractivity contribution < 1.29 is 4.79 Å². The zero-order chi connectivity index (χ0) is 13.5. The molecule has 0 spiro atoms. The van der Waals surface area contributed by atoms with E-state index in [9.17, 15) is 4.79 Å². The van der Waals surface area contributed by atoms with Crippen LogP contribution in [-0.4, -0.2) is 27.6 Å². The number of aromatic nitrogens is 3. The minimum atomic E-state index is -0.143. The highest BCUT2D eigenvalue weighted by molar-refractivity contribution is 5.93. The average Bonchev–Trinajstić information content (AvgIpc) is 2.96. The molecule has 2 rings (SSSR count). The largest absolute Gasteiger partial charge is 0.370 e. The number of aromatic amines is 1. The van der Waals surface area contributed by atoms with Gasteiger partial charge in [0.2, 0.25) is 0 Å². The third kappa shape index (κ3) is 3.80. The van der Waals surface area contributed by atoms with Gasteiger partial charge in [-0.15, -0.1) is 0 Å². The van der Waals surface area contributed by atoms with Gasteiger partial charge in [-0.25, -0.2) is 4.98 Å². The Labute approximate surface area is 111 Å². The summed E-state index contributed by atoms with van der Waals surface area (Å²) in [7, 11) is 0. The fourth-order valence-corrected chi connectivity index (χ4v) is 1.54. The van der Waals surface area contributed by atoms with E-state index in [2.05, 4.69) is 32.7 Å². The summed E-state index contributed by atoms with van der Waals surface area (Å²) >= 11 is 0. The number of hydrogen-bond acceptors (Lipinski definition) is 4. The van der Waals surface area contributed by atoms with Crippen molar-refractivity contribution in [2.75, 3.05) is 11.9 Å². The smallest absolute Gasteiger partial charge is 0.253 e. The van der Waals surface area contributed by atoms with Crippen molar-refractivity contribution in [1.82, 2.24) is 20.5 Å². The standard InChI is InChI=1S/C13H17N5O/c1-2-5-14-12-4-3-11(9-15-12)13(19)16-6-10-7-17-18-8-10/h3-4,7-9H,2,5-6H2,1H3,(H,14,15)(H,16,19)(H,17,18). The molecular weight excluding hydrogens is 242 g/mol. The SMILES string of the molecule is CCCNc1ccc(C(=O)NCc2cn[nH]c2)cn1. The molecule has 0 radical (unpaired) electrons. The van der Waals surface area contributed by atoms with Crippen LogP contribution in [-0.2, 0) is 6.54 Å². The summed E-state index contributed by atoms with van der Waals surface area (Å²) in [4.78, 5) is 16.1. The lowest BCUT2D eigenvalue weighted by atomic mass is 10.2. The monoisotopic (exact) mass is 259 g/mol. The molecule has 0 unspecified atom stereocenters. The molecule has 0 bridgehead atoms. The Morgan fingerprint density at radius 1 is 1.37 bits per heavy atom. The molecule has 2 aromatic heterocycles. The molecule has 6 nitrogen and oxygen atoms in total. The van der Waals surface area contributed by atoms with E-state index >= 15 is 0 Å². The Morgan fingerprint density at radius 3 is 2.89 bits per heavy atom. The van der Waals surface area contributed by atoms with E-state index in [1.165, 1.54) is 0 Å². The van der Waals surface area contributed by atoms with Gasteiger partial charge in [-0.3, -0.25) is 9.89 Å². The van der Waals surface area contributed by atoms with E-state index in [0.29, 0.717) is 12.1 Å². The maximum atomic E-state index is 11.9. The first kappa shape index (κ1) is 13.1. The van der Waals surface area contributed by atoms with Crippen molar-refractivity contribution in [1.29, 1.82) is 0 Å². The number of hydrogen-bond donors (Lipinski definition) is 3. The van der Waals surface area contributed by atoms with Gasteiger partial charge in [0.15, 0.2) is 0 Å². The number of rotatable bonds is 6. The summed E-state index contributed by atoms with van der Waals surface area (Å²) in [6.45, 7) is 3.41. The Bertz CT molecular complexity index is 506. The summed E-state index contributed by atoms with van der Waals surface area (Å²) in [5.41, 5.74) is 1.48. The van der Waals surface area contributed by atoms with Crippen molar-refractivity contribution in [3.63, 3.8) is 0 Å². The highest BCUT2D eigenvalue weighted by Crippen LogP contribution is 2.05. The second-order valence-corrected chi connectivity index (χ2v) is 4.15. The Balaban J connectivity index is 1.88. The number of carbonyl (C=O) groups is 1. The van der Waals surface area contributed by atoms with Gasteiger partial charge < -0.3 is 10.6 Å². The molecule has 0 aliphatic rings. The first-order valence-electron chi connectivity index (χ1n) is 6.25. The van der Waals surface area contributed by atoms with Crippen LogP contribution in [0, 0.1) is 0 Å². The van der Waals surface area contributed by atoms with E-state index in [1.54, 1.807) is 24.7 Å². The molecule has 0 fully saturated rings. The van der Waals surface area contributed by atoms with Gasteiger partial charge >= 0.3 is 0 Å². The quantitative estimate of drug-likeness (QED) is 0.735. The molecule has 2 aromatic rings. The molecule has 0 atom stereocenters. The van der Waals surface area contributed by atoms with E-state index in [-0.39, 0.29) is 5.91 Å². The number of H-pyrrole nitrogens is 1. The van der Waals surface area contributed by atoms with Crippen molar-refractivity contribution in [3.05, 3.63) is 41.9 Å². The summed E-state index contributed by atoms with van der Waals surface area (Å²) in [6.07, 6.45) is 6.03. The van der Waals surface area contributed by atoms with Crippen molar-refractivity contribution >= 4 is 11.7 Å². The van der Waals surface area contributed by atoms with Crippen LogP contribution >= 0.6 is 0 Å². The highest BCUT2D eigenvalue weighted by Gasteiger charge is 2.06. The lowest BCUT2D eigenvalue weighted by molar-refractivity contribution is 0.0950. The van der Waals surface area contributed by atoms with Crippen molar-refractivity contribution in [2.45, 2.75) is 19.9 Å². The lowest BCUT2D eigenvalue weighted by Gasteiger charge is -2.06. The van der Waals surface area contributed by atoms with Crippen LogP contribution in [0.5, 0.6) is 0 Å². The zero-order valence-electron chi connectivity index (χ0n) is 10.8. The lowest BCUT2D eigenvalue weighted by Crippen LogP contribution is -2.22. The van der Waals surface area contributed by atoms with Crippen LogP contribution in [0.1, 0.15) is 29.3 Å². The van der Waals surface area contributed by atoms with Gasteiger partial charge in [-0.1, -0.05) is 6.92 Å². The third-order valence-corrected chi connectivity index (χ3v) is 2.59. The number of amides is 1. The van der Waals surface area contributed by atoms with E-state index < -0.39 is 0 Å². The summed E-state index contributed by atoms with van der Waals surface area (Å²) < 4.78 is 0. The molecule has 19 heavy (non-hydrogen) atoms. The van der Waals surface area contributed by atoms with E-state index in [4.69, 9.17) is 0 Å². The molecule has 1 amide bonds. The van der Waals surface area contributed by atoms with E-state index in [0.717, 1.165) is 24.3 Å². The highest BCUT2D eigenvalue weighted by atomic mass is 16.1. The minimum Gasteiger partial charge on any atom is -0.370 e. The van der Waals surface area contributed by atoms with Crippen LogP contribution in [0.4, 0.5) is 5.82 Å². The first-order chi connectivity index (χ1) is 9.29. The van der Waals surface area contributed by atoms with Crippen LogP contribution < -0.4 is 10.6 Å². The van der Waals surface area contributed by atoms with Gasteiger partial charge in [0.1, 0.15) is 5.82 Å². The van der Waals surface area contributed by atoms with Crippen molar-refractivity contribution in [2.24, 2.45) is 0 Å². The molecule has 2 heterocycles. The van der Waals surface area contributed by atoms with Crippen LogP contribution in [0.25, 0.3) is 0 Å². The molecule has 100 valence electrons. The van der Waals surface area contributed by atoms with Gasteiger partial charge in [0.25, 0.3) is 5.91 Å². The van der Waals surface area contributed by atoms with Gasteiger partial charge in [0.05, 0.1) is 11.8 Å². The predicted octanol–water partition coefficient (Wildman–Crippen LogP) is 1.56. The second-order valence-electron chi connectivity index (χ2n) is 4.15. The summed E-state index contributed by atoms with van der Waals surface area (Å²) in [5, 5.41) is 12.5. The van der Waals surface area contributed by atoms with Crippen LogP contribution in [0.3, 0.4) is 0 Å². The van der Waals surface area contributed by atoms with Gasteiger partial charge in [-0.2, -0.15) is 5.10 Å². The minimum absolute atomic E-state index is 0.143. The Hall–Kier alpha value is -2.37. The molecule has 3 N–H and O–H groups in total. The van der Waals surface area contributed by atoms with Gasteiger partial charge in [-0.05, 0) is 18.6 Å². The molecule has 6 heteroatoms. The number of nitrogens with zero attached hydrogens (tertiary/aromatic N) is 2. The van der Waals surface area contributed by atoms with Gasteiger partial charge in [0, 0.05) is 31.0 Å². The molecular formula is C13H17N5O. The fraction of sp³-hybridized carbons (Fsp3) is 0.308. The maximum Gasteiger partial charge on any atom is 0.253 e. The number of pyridine rings is 1. The fourth-order valence-electron chi connectivity index (χ4n) is 1.54. The number of anilines is 1. The Kier molecular flexibility index (Phi) is 4.49.